The van der Waals surface area contributed by atoms with Gasteiger partial charge in [0.25, 0.3) is 0 Å². The summed E-state index contributed by atoms with van der Waals surface area (Å²) in [7, 11) is 0. The molecule has 1 aliphatic carbocycles. The minimum Gasteiger partial charge on any atom is -0.143 e. The second-order valence-electron chi connectivity index (χ2n) is 7.06. The highest BCUT2D eigenvalue weighted by atomic mass is 32.1. The fourth-order valence-corrected chi connectivity index (χ4v) is 3.84. The average Bonchev–Trinajstić information content (AvgIpc) is 2.24. The molecule has 0 heterocycles. The van der Waals surface area contributed by atoms with Crippen molar-refractivity contribution in [3.05, 3.63) is 28.8 Å². The van der Waals surface area contributed by atoms with E-state index in [9.17, 15) is 0 Å². The first-order valence-corrected chi connectivity index (χ1v) is 7.59. The van der Waals surface area contributed by atoms with Gasteiger partial charge in [-0.3, -0.25) is 0 Å². The summed E-state index contributed by atoms with van der Waals surface area (Å²) in [5.74, 6) is 0. The number of hydrogen-bond acceptors (Lipinski definition) is 1. The van der Waals surface area contributed by atoms with E-state index in [1.54, 1.807) is 0 Å². The molecule has 18 heavy (non-hydrogen) atoms. The van der Waals surface area contributed by atoms with E-state index in [0.717, 1.165) is 6.42 Å². The van der Waals surface area contributed by atoms with E-state index >= 15 is 0 Å². The molecule has 0 N–H and O–H groups in total. The number of rotatable bonds is 2. The summed E-state index contributed by atoms with van der Waals surface area (Å²) in [4.78, 5) is 1.20. The van der Waals surface area contributed by atoms with Crippen LogP contribution in [0.4, 0.5) is 0 Å². The van der Waals surface area contributed by atoms with Gasteiger partial charge in [0.2, 0.25) is 0 Å². The molecule has 0 spiro atoms. The summed E-state index contributed by atoms with van der Waals surface area (Å²) in [6, 6.07) is 4.73. The Morgan fingerprint density at radius 3 is 2.28 bits per heavy atom. The zero-order valence-corrected chi connectivity index (χ0v) is 13.3. The predicted octanol–water partition coefficient (Wildman–Crippen LogP) is 5.28. The smallest absolute Gasteiger partial charge is 0.00831 e. The van der Waals surface area contributed by atoms with Gasteiger partial charge in [-0.1, -0.05) is 47.1 Å². The minimum absolute atomic E-state index is 0.271. The molecule has 1 aromatic rings. The van der Waals surface area contributed by atoms with Crippen molar-refractivity contribution in [1.29, 1.82) is 0 Å². The molecule has 0 unspecified atom stereocenters. The summed E-state index contributed by atoms with van der Waals surface area (Å²) in [5, 5.41) is 0. The first kappa shape index (κ1) is 14.0. The molecule has 0 radical (unpaired) electrons. The molecule has 0 aliphatic heterocycles. The lowest BCUT2D eigenvalue weighted by atomic mass is 9.63. The third-order valence-electron chi connectivity index (χ3n) is 4.50. The Hall–Kier alpha value is -0.430. The number of thiol groups is 1. The van der Waals surface area contributed by atoms with Crippen LogP contribution in [-0.2, 0) is 17.3 Å². The van der Waals surface area contributed by atoms with E-state index in [-0.39, 0.29) is 5.41 Å². The van der Waals surface area contributed by atoms with Crippen molar-refractivity contribution in [3.63, 3.8) is 0 Å². The van der Waals surface area contributed by atoms with Crippen molar-refractivity contribution < 1.29 is 0 Å². The second-order valence-corrected chi connectivity index (χ2v) is 7.54. The quantitative estimate of drug-likeness (QED) is 0.689. The predicted molar refractivity (Wildman–Crippen MR) is 83.0 cm³/mol. The van der Waals surface area contributed by atoms with Gasteiger partial charge in [-0.15, -0.1) is 12.6 Å². The Morgan fingerprint density at radius 1 is 1.06 bits per heavy atom. The molecule has 0 amide bonds. The molecule has 0 nitrogen and oxygen atoms in total. The maximum atomic E-state index is 4.79. The summed E-state index contributed by atoms with van der Waals surface area (Å²) in [6.45, 7) is 11.7. The van der Waals surface area contributed by atoms with E-state index in [1.165, 1.54) is 40.8 Å². The van der Waals surface area contributed by atoms with Crippen LogP contribution in [0, 0.1) is 0 Å². The van der Waals surface area contributed by atoms with Crippen molar-refractivity contribution >= 4 is 12.6 Å². The van der Waals surface area contributed by atoms with Gasteiger partial charge in [0.1, 0.15) is 0 Å². The van der Waals surface area contributed by atoms with E-state index in [0.29, 0.717) is 5.41 Å². The van der Waals surface area contributed by atoms with Crippen LogP contribution in [0.1, 0.15) is 70.6 Å². The second kappa shape index (κ2) is 4.59. The van der Waals surface area contributed by atoms with E-state index in [2.05, 4.69) is 46.8 Å². The van der Waals surface area contributed by atoms with Crippen LogP contribution in [0.25, 0.3) is 0 Å². The van der Waals surface area contributed by atoms with E-state index in [1.807, 2.05) is 0 Å². The van der Waals surface area contributed by atoms with Crippen LogP contribution in [0.3, 0.4) is 0 Å². The van der Waals surface area contributed by atoms with Crippen molar-refractivity contribution in [2.75, 3.05) is 0 Å². The molecule has 0 atom stereocenters. The lowest BCUT2D eigenvalue weighted by molar-refractivity contribution is 0.326. The molecule has 0 aromatic heterocycles. The largest absolute Gasteiger partial charge is 0.143 e. The highest BCUT2D eigenvalue weighted by Crippen LogP contribution is 2.48. The monoisotopic (exact) mass is 262 g/mol. The minimum atomic E-state index is 0.271. The summed E-state index contributed by atoms with van der Waals surface area (Å²) >= 11 is 4.79. The summed E-state index contributed by atoms with van der Waals surface area (Å²) in [6.07, 6.45) is 4.90. The Balaban J connectivity index is 2.63. The first-order valence-electron chi connectivity index (χ1n) is 7.15. The van der Waals surface area contributed by atoms with Gasteiger partial charge in [0.05, 0.1) is 0 Å². The maximum Gasteiger partial charge on any atom is 0.00831 e. The normalized spacial score (nSPS) is 20.6. The number of aryl methyl sites for hydroxylation is 1. The molecule has 0 saturated heterocycles. The van der Waals surface area contributed by atoms with Crippen LogP contribution in [0.5, 0.6) is 0 Å². The van der Waals surface area contributed by atoms with Crippen molar-refractivity contribution in [2.24, 2.45) is 0 Å². The van der Waals surface area contributed by atoms with Crippen molar-refractivity contribution in [1.82, 2.24) is 0 Å². The van der Waals surface area contributed by atoms with Crippen LogP contribution in [-0.4, -0.2) is 0 Å². The first-order chi connectivity index (χ1) is 8.28. The fourth-order valence-electron chi connectivity index (χ4n) is 3.25. The van der Waals surface area contributed by atoms with Crippen molar-refractivity contribution in [3.8, 4) is 0 Å². The van der Waals surface area contributed by atoms with Crippen LogP contribution in [0.2, 0.25) is 0 Å². The van der Waals surface area contributed by atoms with Gasteiger partial charge in [-0.2, -0.15) is 0 Å². The van der Waals surface area contributed by atoms with Gasteiger partial charge in [-0.25, -0.2) is 0 Å². The molecular weight excluding hydrogens is 236 g/mol. The topological polar surface area (TPSA) is 0 Å². The van der Waals surface area contributed by atoms with E-state index < -0.39 is 0 Å². The van der Waals surface area contributed by atoms with Gasteiger partial charge in [0.15, 0.2) is 0 Å². The van der Waals surface area contributed by atoms with Crippen LogP contribution in [0.15, 0.2) is 17.0 Å². The molecule has 1 aliphatic rings. The Morgan fingerprint density at radius 2 is 1.67 bits per heavy atom. The van der Waals surface area contributed by atoms with Gasteiger partial charge >= 0.3 is 0 Å². The van der Waals surface area contributed by atoms with Crippen molar-refractivity contribution in [2.45, 2.75) is 76.0 Å². The SMILES string of the molecule is CCCc1cc(S)c2c(c1)C(C)(C)CCC2(C)C. The molecule has 0 fully saturated rings. The standard InChI is InChI=1S/C17H26S/c1-6-7-12-10-13-15(14(18)11-12)17(4,5)9-8-16(13,2)3/h10-11,18H,6-9H2,1-5H3. The van der Waals surface area contributed by atoms with Gasteiger partial charge < -0.3 is 0 Å². The summed E-state index contributed by atoms with van der Waals surface area (Å²) in [5.41, 5.74) is 5.04. The zero-order valence-electron chi connectivity index (χ0n) is 12.4. The molecule has 2 rings (SSSR count). The Kier molecular flexibility index (Phi) is 3.57. The number of fused-ring (bicyclic) bond motifs is 1. The molecular formula is C17H26S. The van der Waals surface area contributed by atoms with Crippen LogP contribution < -0.4 is 0 Å². The third kappa shape index (κ3) is 2.34. The fraction of sp³-hybridized carbons (Fsp3) is 0.647. The van der Waals surface area contributed by atoms with Gasteiger partial charge in [-0.05, 0) is 52.8 Å². The highest BCUT2D eigenvalue weighted by molar-refractivity contribution is 7.80. The molecule has 0 bridgehead atoms. The zero-order chi connectivity index (χ0) is 13.6. The Labute approximate surface area is 118 Å². The molecule has 0 saturated carbocycles. The summed E-state index contributed by atoms with van der Waals surface area (Å²) < 4.78 is 0. The molecule has 1 heteroatoms. The number of benzene rings is 1. The average molecular weight is 262 g/mol. The van der Waals surface area contributed by atoms with Gasteiger partial charge in [0, 0.05) is 4.90 Å². The number of hydrogen-bond donors (Lipinski definition) is 1. The highest BCUT2D eigenvalue weighted by Gasteiger charge is 2.38. The Bertz CT molecular complexity index is 455. The maximum absolute atomic E-state index is 4.79. The van der Waals surface area contributed by atoms with E-state index in [4.69, 9.17) is 12.6 Å². The lowest BCUT2D eigenvalue weighted by Crippen LogP contribution is -2.34. The molecule has 1 aromatic carbocycles. The molecule has 100 valence electrons. The van der Waals surface area contributed by atoms with Crippen LogP contribution >= 0.6 is 12.6 Å². The lowest BCUT2D eigenvalue weighted by Gasteiger charge is -2.43. The third-order valence-corrected chi connectivity index (χ3v) is 4.85.